The molecule has 1 nitrogen and oxygen atoms in total. The molecular weight excluding hydrogens is 239 g/mol. The van der Waals surface area contributed by atoms with E-state index in [9.17, 15) is 13.2 Å². The molecule has 0 aliphatic heterocycles. The Morgan fingerprint density at radius 1 is 1.06 bits per heavy atom. The molecule has 18 heavy (non-hydrogen) atoms. The quantitative estimate of drug-likeness (QED) is 0.652. The maximum atomic E-state index is 12.7. The summed E-state index contributed by atoms with van der Waals surface area (Å²) in [5.41, 5.74) is 0.777. The van der Waals surface area contributed by atoms with Gasteiger partial charge in [0.2, 0.25) is 0 Å². The summed E-state index contributed by atoms with van der Waals surface area (Å²) in [5, 5.41) is 0.556. The Morgan fingerprint density at radius 3 is 2.22 bits per heavy atom. The molecule has 0 radical (unpaired) electrons. The van der Waals surface area contributed by atoms with E-state index in [1.54, 1.807) is 26.0 Å². The first-order valence-electron chi connectivity index (χ1n) is 5.84. The summed E-state index contributed by atoms with van der Waals surface area (Å²) in [7, 11) is 0. The number of fused-ring (bicyclic) bond motifs is 1. The lowest BCUT2D eigenvalue weighted by Crippen LogP contribution is -2.07. The molecule has 98 valence electrons. The number of para-hydroxylation sites is 1. The number of hydrogen-bond donors (Lipinski definition) is 0. The second-order valence-corrected chi connectivity index (χ2v) is 3.78. The summed E-state index contributed by atoms with van der Waals surface area (Å²) in [6.07, 6.45) is -4.35. The van der Waals surface area contributed by atoms with E-state index in [0.717, 1.165) is 11.6 Å². The van der Waals surface area contributed by atoms with E-state index in [1.165, 1.54) is 6.07 Å². The molecule has 2 rings (SSSR count). The van der Waals surface area contributed by atoms with Crippen LogP contribution in [-0.2, 0) is 6.18 Å². The summed E-state index contributed by atoms with van der Waals surface area (Å²) >= 11 is 0. The van der Waals surface area contributed by atoms with Crippen LogP contribution in [0.3, 0.4) is 0 Å². The van der Waals surface area contributed by atoms with E-state index in [4.69, 9.17) is 0 Å². The van der Waals surface area contributed by atoms with Gasteiger partial charge >= 0.3 is 6.18 Å². The highest BCUT2D eigenvalue weighted by atomic mass is 19.4. The van der Waals surface area contributed by atoms with Gasteiger partial charge in [-0.1, -0.05) is 26.0 Å². The Kier molecular flexibility index (Phi) is 4.33. The molecule has 0 aliphatic carbocycles. The number of hydrogen-bond acceptors (Lipinski definition) is 1. The third-order valence-electron chi connectivity index (χ3n) is 2.48. The van der Waals surface area contributed by atoms with Crippen molar-refractivity contribution in [2.24, 2.45) is 0 Å². The van der Waals surface area contributed by atoms with Crippen LogP contribution in [0.5, 0.6) is 0 Å². The first-order chi connectivity index (χ1) is 8.39. The van der Waals surface area contributed by atoms with Crippen molar-refractivity contribution in [1.29, 1.82) is 0 Å². The highest BCUT2D eigenvalue weighted by molar-refractivity contribution is 5.85. The minimum atomic E-state index is -4.35. The van der Waals surface area contributed by atoms with Crippen LogP contribution in [0.25, 0.3) is 10.9 Å². The van der Waals surface area contributed by atoms with Gasteiger partial charge < -0.3 is 0 Å². The van der Waals surface area contributed by atoms with E-state index < -0.39 is 11.7 Å². The van der Waals surface area contributed by atoms with Gasteiger partial charge in [-0.25, -0.2) is 0 Å². The van der Waals surface area contributed by atoms with Crippen LogP contribution in [0.4, 0.5) is 13.2 Å². The molecule has 2 aromatic rings. The number of rotatable bonds is 0. The summed E-state index contributed by atoms with van der Waals surface area (Å²) in [6, 6.07) is 5.91. The van der Waals surface area contributed by atoms with Crippen LogP contribution in [0.2, 0.25) is 0 Å². The van der Waals surface area contributed by atoms with Gasteiger partial charge in [-0.15, -0.1) is 0 Å². The average Bonchev–Trinajstić information content (AvgIpc) is 2.29. The van der Waals surface area contributed by atoms with E-state index in [0.29, 0.717) is 11.1 Å². The average molecular weight is 255 g/mol. The number of aryl methyl sites for hydroxylation is 2. The van der Waals surface area contributed by atoms with E-state index >= 15 is 0 Å². The van der Waals surface area contributed by atoms with Gasteiger partial charge in [0.15, 0.2) is 0 Å². The van der Waals surface area contributed by atoms with Crippen molar-refractivity contribution in [2.45, 2.75) is 33.9 Å². The highest BCUT2D eigenvalue weighted by Gasteiger charge is 2.33. The zero-order valence-electron chi connectivity index (χ0n) is 10.9. The van der Waals surface area contributed by atoms with Crippen molar-refractivity contribution < 1.29 is 13.2 Å². The fourth-order valence-electron chi connectivity index (χ4n) is 1.81. The maximum absolute atomic E-state index is 12.7. The van der Waals surface area contributed by atoms with E-state index in [1.807, 2.05) is 13.8 Å². The zero-order chi connectivity index (χ0) is 13.9. The zero-order valence-corrected chi connectivity index (χ0v) is 10.9. The number of aromatic nitrogens is 1. The molecule has 1 aromatic heterocycles. The lowest BCUT2D eigenvalue weighted by atomic mass is 10.0. The first kappa shape index (κ1) is 14.5. The normalized spacial score (nSPS) is 11.1. The van der Waals surface area contributed by atoms with Crippen LogP contribution in [0.1, 0.15) is 30.7 Å². The van der Waals surface area contributed by atoms with Gasteiger partial charge in [0.05, 0.1) is 11.1 Å². The van der Waals surface area contributed by atoms with Gasteiger partial charge in [-0.2, -0.15) is 13.2 Å². The smallest absolute Gasteiger partial charge is 0.252 e. The van der Waals surface area contributed by atoms with Crippen molar-refractivity contribution in [3.8, 4) is 0 Å². The second-order valence-electron chi connectivity index (χ2n) is 3.78. The van der Waals surface area contributed by atoms with Crippen molar-refractivity contribution in [2.75, 3.05) is 0 Å². The third kappa shape index (κ3) is 2.81. The molecule has 1 heterocycles. The monoisotopic (exact) mass is 255 g/mol. The minimum Gasteiger partial charge on any atom is -0.252 e. The molecule has 0 N–H and O–H groups in total. The molecule has 0 bridgehead atoms. The second kappa shape index (κ2) is 5.38. The topological polar surface area (TPSA) is 12.9 Å². The number of halogens is 3. The van der Waals surface area contributed by atoms with Crippen molar-refractivity contribution in [3.63, 3.8) is 0 Å². The highest BCUT2D eigenvalue weighted by Crippen LogP contribution is 2.34. The predicted octanol–water partition coefficient (Wildman–Crippen LogP) is 4.90. The summed E-state index contributed by atoms with van der Waals surface area (Å²) in [4.78, 5) is 3.98. The summed E-state index contributed by atoms with van der Waals surface area (Å²) < 4.78 is 38.2. The first-order valence-corrected chi connectivity index (χ1v) is 5.84. The summed E-state index contributed by atoms with van der Waals surface area (Å²) in [6.45, 7) is 7.48. The van der Waals surface area contributed by atoms with Crippen LogP contribution in [0, 0.1) is 13.8 Å². The molecule has 0 fully saturated rings. The van der Waals surface area contributed by atoms with Crippen molar-refractivity contribution in [1.82, 2.24) is 4.98 Å². The van der Waals surface area contributed by atoms with Gasteiger partial charge in [-0.3, -0.25) is 4.98 Å². The van der Waals surface area contributed by atoms with Crippen molar-refractivity contribution >= 4 is 10.9 Å². The Morgan fingerprint density at radius 2 is 1.67 bits per heavy atom. The predicted molar refractivity (Wildman–Crippen MR) is 67.6 cm³/mol. The number of alkyl halides is 3. The Hall–Kier alpha value is -1.58. The van der Waals surface area contributed by atoms with Crippen LogP contribution >= 0.6 is 0 Å². The molecule has 0 aliphatic rings. The third-order valence-corrected chi connectivity index (χ3v) is 2.48. The Labute approximate surface area is 105 Å². The van der Waals surface area contributed by atoms with Gasteiger partial charge in [0.1, 0.15) is 0 Å². The number of nitrogens with zero attached hydrogens (tertiary/aromatic N) is 1. The van der Waals surface area contributed by atoms with E-state index in [-0.39, 0.29) is 5.52 Å². The molecule has 0 saturated carbocycles. The number of benzene rings is 1. The molecule has 1 aromatic carbocycles. The number of pyridine rings is 1. The van der Waals surface area contributed by atoms with Crippen molar-refractivity contribution in [3.05, 3.63) is 41.1 Å². The van der Waals surface area contributed by atoms with Gasteiger partial charge in [0.25, 0.3) is 0 Å². The van der Waals surface area contributed by atoms with Crippen LogP contribution in [-0.4, -0.2) is 4.98 Å². The standard InChI is InChI=1S/C12H10F3N.C2H6/c1-7-6-8(2)16-11-9(7)4-3-5-10(11)12(13,14)15;1-2/h3-6H,1-2H3;1-2H3. The molecule has 0 spiro atoms. The van der Waals surface area contributed by atoms with Crippen LogP contribution < -0.4 is 0 Å². The molecule has 0 saturated heterocycles. The lowest BCUT2D eigenvalue weighted by molar-refractivity contribution is -0.136. The largest absolute Gasteiger partial charge is 0.418 e. The Balaban J connectivity index is 0.000000771. The van der Waals surface area contributed by atoms with E-state index in [2.05, 4.69) is 4.98 Å². The van der Waals surface area contributed by atoms with Crippen LogP contribution in [0.15, 0.2) is 24.3 Å². The van der Waals surface area contributed by atoms with Gasteiger partial charge in [0, 0.05) is 11.1 Å². The SMILES string of the molecule is CC.Cc1cc(C)c2cccc(C(F)(F)F)c2n1. The molecular formula is C14H16F3N. The summed E-state index contributed by atoms with van der Waals surface area (Å²) in [5.74, 6) is 0. The lowest BCUT2D eigenvalue weighted by Gasteiger charge is -2.11. The Bertz CT molecular complexity index is 544. The molecule has 0 atom stereocenters. The maximum Gasteiger partial charge on any atom is 0.418 e. The molecule has 0 amide bonds. The minimum absolute atomic E-state index is 0.0347. The fourth-order valence-corrected chi connectivity index (χ4v) is 1.81. The fraction of sp³-hybridized carbons (Fsp3) is 0.357. The van der Waals surface area contributed by atoms with Gasteiger partial charge in [-0.05, 0) is 31.5 Å². The molecule has 4 heteroatoms. The molecule has 0 unspecified atom stereocenters.